The molecular weight excluding hydrogens is 401 g/mol. The fraction of sp³-hybridized carbons (Fsp3) is 0.474. The summed E-state index contributed by atoms with van der Waals surface area (Å²) in [5.41, 5.74) is 3.17. The van der Waals surface area contributed by atoms with Gasteiger partial charge in [0.2, 0.25) is 11.7 Å². The van der Waals surface area contributed by atoms with Crippen molar-refractivity contribution in [3.05, 3.63) is 41.1 Å². The lowest BCUT2D eigenvalue weighted by molar-refractivity contribution is -0.120. The molecule has 1 N–H and O–H groups in total. The number of benzene rings is 1. The van der Waals surface area contributed by atoms with Gasteiger partial charge < -0.3 is 5.32 Å². The fourth-order valence-electron chi connectivity index (χ4n) is 2.75. The Morgan fingerprint density at radius 3 is 2.48 bits per heavy atom. The van der Waals surface area contributed by atoms with E-state index in [0.29, 0.717) is 23.6 Å². The first kappa shape index (κ1) is 18.2. The number of hydrogen-bond acceptors (Lipinski definition) is 2. The van der Waals surface area contributed by atoms with E-state index in [0.717, 1.165) is 30.4 Å². The van der Waals surface area contributed by atoms with Crippen LogP contribution in [-0.2, 0) is 4.79 Å². The largest absolute Gasteiger partial charge is 0.323 e. The molecule has 2 atom stereocenters. The minimum atomic E-state index is -0.0618. The Balaban J connectivity index is 2.40. The molecule has 0 bridgehead atoms. The van der Waals surface area contributed by atoms with E-state index in [1.165, 1.54) is 0 Å². The Hall–Kier alpha value is -1.17. The Morgan fingerprint density at radius 2 is 1.87 bits per heavy atom. The summed E-state index contributed by atoms with van der Waals surface area (Å²) in [6.07, 6.45) is 3.31. The smallest absolute Gasteiger partial charge is 0.224 e. The summed E-state index contributed by atoms with van der Waals surface area (Å²) in [5, 5.41) is 2.91. The molecule has 0 radical (unpaired) electrons. The van der Waals surface area contributed by atoms with Gasteiger partial charge in [-0.1, -0.05) is 80.5 Å². The van der Waals surface area contributed by atoms with Crippen molar-refractivity contribution in [2.45, 2.75) is 50.4 Å². The summed E-state index contributed by atoms with van der Waals surface area (Å²) in [6.45, 7) is 6.39. The van der Waals surface area contributed by atoms with Crippen molar-refractivity contribution in [3.63, 3.8) is 0 Å². The van der Waals surface area contributed by atoms with Crippen LogP contribution in [0.1, 0.15) is 62.4 Å². The number of amides is 1. The van der Waals surface area contributed by atoms with Gasteiger partial charge in [0.05, 0.1) is 5.70 Å². The van der Waals surface area contributed by atoms with Gasteiger partial charge in [-0.2, -0.15) is 0 Å². The molecule has 4 heteroatoms. The van der Waals surface area contributed by atoms with Gasteiger partial charge in [-0.15, -0.1) is 0 Å². The summed E-state index contributed by atoms with van der Waals surface area (Å²) in [4.78, 5) is 24.9. The Labute approximate surface area is 152 Å². The maximum atomic E-state index is 12.8. The molecule has 0 heterocycles. The molecule has 23 heavy (non-hydrogen) atoms. The molecule has 1 aromatic rings. The molecule has 0 saturated carbocycles. The highest BCUT2D eigenvalue weighted by atomic mass is 127. The van der Waals surface area contributed by atoms with Gasteiger partial charge in [0, 0.05) is 21.5 Å². The van der Waals surface area contributed by atoms with Crippen LogP contribution in [0.3, 0.4) is 0 Å². The molecule has 0 saturated heterocycles. The molecule has 1 amide bonds. The minimum Gasteiger partial charge on any atom is -0.323 e. The first-order valence-corrected chi connectivity index (χ1v) is 9.57. The van der Waals surface area contributed by atoms with E-state index in [-0.39, 0.29) is 15.6 Å². The van der Waals surface area contributed by atoms with Crippen LogP contribution < -0.4 is 5.32 Å². The van der Waals surface area contributed by atoms with Gasteiger partial charge in [0.25, 0.3) is 0 Å². The van der Waals surface area contributed by atoms with Crippen LogP contribution in [0.4, 0.5) is 0 Å². The number of ketones is 1. The van der Waals surface area contributed by atoms with Gasteiger partial charge in [-0.25, -0.2) is 0 Å². The SMILES string of the molecule is CCCCC(=O)NC1=C(C(I)C(C)CC)c2ccccc2C1=O. The molecule has 3 nitrogen and oxygen atoms in total. The van der Waals surface area contributed by atoms with Crippen LogP contribution in [0.2, 0.25) is 0 Å². The Morgan fingerprint density at radius 1 is 1.22 bits per heavy atom. The second-order valence-electron chi connectivity index (χ2n) is 6.10. The number of alkyl halides is 1. The van der Waals surface area contributed by atoms with Crippen molar-refractivity contribution in [1.82, 2.24) is 5.32 Å². The molecule has 1 aromatic carbocycles. The zero-order chi connectivity index (χ0) is 17.0. The van der Waals surface area contributed by atoms with Crippen LogP contribution in [0.5, 0.6) is 0 Å². The lowest BCUT2D eigenvalue weighted by Gasteiger charge is -2.20. The predicted octanol–water partition coefficient (Wildman–Crippen LogP) is 4.75. The summed E-state index contributed by atoms with van der Waals surface area (Å²) in [5.74, 6) is 0.325. The maximum absolute atomic E-state index is 12.8. The number of nitrogens with one attached hydrogen (secondary N) is 1. The second-order valence-corrected chi connectivity index (χ2v) is 7.44. The van der Waals surface area contributed by atoms with E-state index in [1.54, 1.807) is 0 Å². The van der Waals surface area contributed by atoms with Gasteiger partial charge >= 0.3 is 0 Å². The average molecular weight is 425 g/mol. The molecule has 0 spiro atoms. The number of unbranched alkanes of at least 4 members (excludes halogenated alkanes) is 1. The van der Waals surface area contributed by atoms with Crippen molar-refractivity contribution in [3.8, 4) is 0 Å². The molecule has 2 rings (SSSR count). The highest BCUT2D eigenvalue weighted by Crippen LogP contribution is 2.40. The van der Waals surface area contributed by atoms with Crippen LogP contribution in [-0.4, -0.2) is 15.6 Å². The van der Waals surface area contributed by atoms with E-state index >= 15 is 0 Å². The van der Waals surface area contributed by atoms with E-state index in [4.69, 9.17) is 0 Å². The highest BCUT2D eigenvalue weighted by molar-refractivity contribution is 14.1. The Bertz CT molecular complexity index is 636. The summed E-state index contributed by atoms with van der Waals surface area (Å²) in [6, 6.07) is 7.67. The highest BCUT2D eigenvalue weighted by Gasteiger charge is 2.35. The molecule has 1 aliphatic rings. The van der Waals surface area contributed by atoms with E-state index < -0.39 is 0 Å². The third kappa shape index (κ3) is 3.84. The second kappa shape index (κ2) is 8.08. The average Bonchev–Trinajstić information content (AvgIpc) is 2.84. The van der Waals surface area contributed by atoms with Gasteiger partial charge in [0.15, 0.2) is 0 Å². The lowest BCUT2D eigenvalue weighted by atomic mass is 9.94. The number of Topliss-reactive ketones (excluding diaryl/α,β-unsaturated/α-hetero) is 1. The number of allylic oxidation sites excluding steroid dienone is 2. The zero-order valence-electron chi connectivity index (χ0n) is 14.0. The number of rotatable bonds is 7. The van der Waals surface area contributed by atoms with Crippen molar-refractivity contribution in [1.29, 1.82) is 0 Å². The van der Waals surface area contributed by atoms with Crippen molar-refractivity contribution in [2.24, 2.45) is 5.92 Å². The van der Waals surface area contributed by atoms with Crippen LogP contribution in [0.15, 0.2) is 30.0 Å². The van der Waals surface area contributed by atoms with Crippen LogP contribution >= 0.6 is 22.6 Å². The monoisotopic (exact) mass is 425 g/mol. The van der Waals surface area contributed by atoms with Gasteiger partial charge in [-0.3, -0.25) is 9.59 Å². The van der Waals surface area contributed by atoms with Crippen molar-refractivity contribution < 1.29 is 9.59 Å². The quantitative estimate of drug-likeness (QED) is 0.506. The predicted molar refractivity (Wildman–Crippen MR) is 103 cm³/mol. The first-order chi connectivity index (χ1) is 11.0. The normalized spacial score (nSPS) is 16.3. The summed E-state index contributed by atoms with van der Waals surface area (Å²) in [7, 11) is 0. The number of halogens is 1. The van der Waals surface area contributed by atoms with Crippen molar-refractivity contribution in [2.75, 3.05) is 0 Å². The van der Waals surface area contributed by atoms with E-state index in [9.17, 15) is 9.59 Å². The van der Waals surface area contributed by atoms with E-state index in [2.05, 4.69) is 48.7 Å². The molecule has 1 aliphatic carbocycles. The molecule has 0 aliphatic heterocycles. The Kier molecular flexibility index (Phi) is 6.39. The minimum absolute atomic E-state index is 0.0505. The standard InChI is InChI=1S/C19H24INO2/c1-4-6-11-15(22)21-18-16(17(20)12(3)5-2)13-9-7-8-10-14(13)19(18)23/h7-10,12,17H,4-6,11H2,1-3H3,(H,21,22,23). The summed E-state index contributed by atoms with van der Waals surface area (Å²) >= 11 is 2.41. The maximum Gasteiger partial charge on any atom is 0.224 e. The third-order valence-electron chi connectivity index (χ3n) is 4.40. The van der Waals surface area contributed by atoms with Crippen LogP contribution in [0, 0.1) is 5.92 Å². The van der Waals surface area contributed by atoms with Crippen molar-refractivity contribution >= 4 is 39.9 Å². The molecule has 124 valence electrons. The van der Waals surface area contributed by atoms with Crippen LogP contribution in [0.25, 0.3) is 5.57 Å². The first-order valence-electron chi connectivity index (χ1n) is 8.33. The molecular formula is C19H24INO2. The number of fused-ring (bicyclic) bond motifs is 1. The lowest BCUT2D eigenvalue weighted by Crippen LogP contribution is -2.27. The van der Waals surface area contributed by atoms with E-state index in [1.807, 2.05) is 24.3 Å². The molecule has 0 fully saturated rings. The van der Waals surface area contributed by atoms with Gasteiger partial charge in [0.1, 0.15) is 0 Å². The zero-order valence-corrected chi connectivity index (χ0v) is 16.1. The van der Waals surface area contributed by atoms with Gasteiger partial charge in [-0.05, 0) is 17.9 Å². The molecule has 2 unspecified atom stereocenters. The topological polar surface area (TPSA) is 46.2 Å². The summed E-state index contributed by atoms with van der Waals surface area (Å²) < 4.78 is 0.201. The number of carbonyl (C=O) groups is 2. The molecule has 0 aromatic heterocycles. The fourth-order valence-corrected chi connectivity index (χ4v) is 3.90. The third-order valence-corrected chi connectivity index (χ3v) is 6.25. The number of carbonyl (C=O) groups excluding carboxylic acids is 2. The number of hydrogen-bond donors (Lipinski definition) is 1.